The van der Waals surface area contributed by atoms with Crippen LogP contribution in [-0.4, -0.2) is 57.6 Å². The number of fused-ring (bicyclic) bond motifs is 2. The van der Waals surface area contributed by atoms with Crippen molar-refractivity contribution in [2.24, 2.45) is 14.1 Å². The molecule has 0 radical (unpaired) electrons. The Bertz CT molecular complexity index is 3100. The number of benzene rings is 6. The first-order chi connectivity index (χ1) is 33.5. The highest BCUT2D eigenvalue weighted by molar-refractivity contribution is 5.91. The van der Waals surface area contributed by atoms with Gasteiger partial charge in [-0.05, 0) is 89.3 Å². The number of imidazole rings is 2. The van der Waals surface area contributed by atoms with E-state index in [9.17, 15) is 10.4 Å². The van der Waals surface area contributed by atoms with Gasteiger partial charge in [-0.3, -0.25) is 0 Å². The molecule has 0 atom stereocenters. The molecule has 0 spiro atoms. The van der Waals surface area contributed by atoms with Crippen LogP contribution in [0.5, 0.6) is 40.2 Å². The summed E-state index contributed by atoms with van der Waals surface area (Å²) in [7, 11) is 10.5. The summed E-state index contributed by atoms with van der Waals surface area (Å²) in [6.07, 6.45) is 5.17. The zero-order chi connectivity index (χ0) is 48.4. The second-order valence-corrected chi connectivity index (χ2v) is 16.5. The number of phenols is 1. The lowest BCUT2D eigenvalue weighted by molar-refractivity contribution is 0.414. The van der Waals surface area contributed by atoms with E-state index in [0.717, 1.165) is 84.3 Å². The fourth-order valence-corrected chi connectivity index (χ4v) is 8.02. The number of aryl methyl sites for hydroxylation is 3. The summed E-state index contributed by atoms with van der Waals surface area (Å²) in [6.45, 7) is 4.50. The van der Waals surface area contributed by atoms with Crippen LogP contribution in [-0.2, 0) is 40.3 Å². The lowest BCUT2D eigenvalue weighted by Gasteiger charge is -2.26. The highest BCUT2D eigenvalue weighted by atomic mass is 16.5. The van der Waals surface area contributed by atoms with Crippen molar-refractivity contribution in [2.45, 2.75) is 33.1 Å². The average molecular weight is 923 g/mol. The summed E-state index contributed by atoms with van der Waals surface area (Å²) in [4.78, 5) is 18.0. The number of hydrogen-bond donors (Lipinski definition) is 1. The Morgan fingerprint density at radius 1 is 0.522 bits per heavy atom. The normalized spacial score (nSPS) is 10.8. The molecule has 0 bridgehead atoms. The number of methoxy groups -OCH3 is 4. The Balaban J connectivity index is 0.000000192. The van der Waals surface area contributed by atoms with Gasteiger partial charge in [0.05, 0.1) is 69.7 Å². The van der Waals surface area contributed by atoms with Gasteiger partial charge < -0.3 is 47.7 Å². The second kappa shape index (κ2) is 21.3. The first-order valence-corrected chi connectivity index (χ1v) is 22.2. The van der Waals surface area contributed by atoms with E-state index in [1.165, 1.54) is 0 Å². The van der Waals surface area contributed by atoms with Gasteiger partial charge in [0.15, 0.2) is 0 Å². The van der Waals surface area contributed by atoms with E-state index in [2.05, 4.69) is 74.4 Å². The third-order valence-corrected chi connectivity index (χ3v) is 11.8. The van der Waals surface area contributed by atoms with Crippen LogP contribution in [0.4, 0.5) is 11.4 Å². The van der Waals surface area contributed by atoms with Gasteiger partial charge in [-0.25, -0.2) is 15.0 Å². The van der Waals surface area contributed by atoms with Crippen LogP contribution in [0.2, 0.25) is 0 Å². The number of nitrogens with zero attached hydrogens (tertiary/aromatic N) is 8. The van der Waals surface area contributed by atoms with Crippen molar-refractivity contribution >= 4 is 33.4 Å². The Hall–Kier alpha value is -8.70. The largest absolute Gasteiger partial charge is 0.508 e. The molecule has 6 aromatic carbocycles. The molecule has 0 saturated carbocycles. The third-order valence-electron chi connectivity index (χ3n) is 11.8. The zero-order valence-corrected chi connectivity index (χ0v) is 39.8. The van der Waals surface area contributed by atoms with E-state index >= 15 is 0 Å². The Kier molecular flexibility index (Phi) is 14.4. The van der Waals surface area contributed by atoms with Crippen molar-refractivity contribution in [3.8, 4) is 46.3 Å². The maximum atomic E-state index is 10.4. The van der Waals surface area contributed by atoms with Crippen molar-refractivity contribution in [3.05, 3.63) is 180 Å². The number of hydrogen-bond acceptors (Lipinski definition) is 12. The minimum atomic E-state index is 0.218. The van der Waals surface area contributed by atoms with Crippen LogP contribution in [0.3, 0.4) is 0 Å². The van der Waals surface area contributed by atoms with Crippen molar-refractivity contribution in [3.63, 3.8) is 0 Å². The number of nitriles is 1. The molecule has 0 aliphatic carbocycles. The molecule has 14 heteroatoms. The SMILES string of the molecule is COc1ccc(CN(Cc2ccc(OC)cc2)c2cc(O)cc3c2ncn3C)cc1.COc1ccc(CN(Cc2ccc(OC)cc2)c2cc(Oc3cnc(C#N)cc3C)cc3c2ncn3C)cc1. The minimum absolute atomic E-state index is 0.218. The molecule has 1 N–H and O–H groups in total. The highest BCUT2D eigenvalue weighted by Crippen LogP contribution is 2.37. The van der Waals surface area contributed by atoms with Crippen molar-refractivity contribution in [1.29, 1.82) is 5.26 Å². The Labute approximate surface area is 401 Å². The maximum absolute atomic E-state index is 10.4. The molecule has 9 rings (SSSR count). The maximum Gasteiger partial charge on any atom is 0.148 e. The van der Waals surface area contributed by atoms with E-state index in [4.69, 9.17) is 28.7 Å². The van der Waals surface area contributed by atoms with Crippen LogP contribution >= 0.6 is 0 Å². The van der Waals surface area contributed by atoms with E-state index in [0.29, 0.717) is 43.4 Å². The summed E-state index contributed by atoms with van der Waals surface area (Å²) in [6, 6.07) is 43.5. The summed E-state index contributed by atoms with van der Waals surface area (Å²) < 4.78 is 31.5. The van der Waals surface area contributed by atoms with Gasteiger partial charge in [-0.1, -0.05) is 48.5 Å². The van der Waals surface area contributed by atoms with Crippen LogP contribution < -0.4 is 33.5 Å². The molecule has 14 nitrogen and oxygen atoms in total. The summed E-state index contributed by atoms with van der Waals surface area (Å²) >= 11 is 0. The van der Waals surface area contributed by atoms with Gasteiger partial charge in [0.25, 0.3) is 0 Å². The van der Waals surface area contributed by atoms with Crippen molar-refractivity contribution in [1.82, 2.24) is 24.1 Å². The van der Waals surface area contributed by atoms with Crippen LogP contribution in [0.1, 0.15) is 33.5 Å². The molecule has 0 saturated heterocycles. The molecule has 3 heterocycles. The molecular formula is C55H54N8O6. The average Bonchev–Trinajstić information content (AvgIpc) is 3.95. The van der Waals surface area contributed by atoms with Gasteiger partial charge in [0.2, 0.25) is 0 Å². The fraction of sp³-hybridized carbons (Fsp3) is 0.200. The minimum Gasteiger partial charge on any atom is -0.508 e. The van der Waals surface area contributed by atoms with E-state index in [-0.39, 0.29) is 5.75 Å². The summed E-state index contributed by atoms with van der Waals surface area (Å²) in [5.41, 5.74) is 11.1. The molecule has 0 amide bonds. The molecule has 69 heavy (non-hydrogen) atoms. The van der Waals surface area contributed by atoms with E-state index in [1.807, 2.05) is 97.1 Å². The predicted octanol–water partition coefficient (Wildman–Crippen LogP) is 10.7. The Morgan fingerprint density at radius 3 is 1.29 bits per heavy atom. The van der Waals surface area contributed by atoms with Gasteiger partial charge in [-0.2, -0.15) is 5.26 Å². The van der Waals surface area contributed by atoms with Gasteiger partial charge in [0.1, 0.15) is 63.0 Å². The number of pyridine rings is 1. The molecule has 0 fully saturated rings. The quantitative estimate of drug-likeness (QED) is 0.0984. The molecule has 0 unspecified atom stereocenters. The summed E-state index contributed by atoms with van der Waals surface area (Å²) in [5.74, 6) is 4.75. The second-order valence-electron chi connectivity index (χ2n) is 16.5. The van der Waals surface area contributed by atoms with Crippen LogP contribution in [0.15, 0.2) is 146 Å². The number of aromatic hydroxyl groups is 1. The lowest BCUT2D eigenvalue weighted by atomic mass is 10.1. The standard InChI is InChI=1S/C31H29N5O3.C24H25N3O3/c1-21-13-24(16-32)33-17-30(21)39-27-14-28-31(34-20-35(28)2)29(15-27)36(18-22-5-9-25(37-3)10-6-22)19-23-7-11-26(38-4)12-8-23;1-26-16-25-24-22(26)12-19(28)13-23(24)27(14-17-4-8-20(29-2)9-5-17)15-18-6-10-21(30-3)11-7-18/h5-15,17,20H,18-19H2,1-4H3;4-13,16,28H,14-15H2,1-3H3. The van der Waals surface area contributed by atoms with Gasteiger partial charge >= 0.3 is 0 Å². The van der Waals surface area contributed by atoms with Crippen LogP contribution in [0, 0.1) is 18.3 Å². The number of ether oxygens (including phenoxy) is 5. The monoisotopic (exact) mass is 922 g/mol. The predicted molar refractivity (Wildman–Crippen MR) is 269 cm³/mol. The molecular weight excluding hydrogens is 869 g/mol. The summed E-state index contributed by atoms with van der Waals surface area (Å²) in [5, 5.41) is 19.6. The molecule has 3 aromatic heterocycles. The topological polar surface area (TPSA) is 145 Å². The molecule has 350 valence electrons. The number of phenolic OH excluding ortho intramolecular Hbond substituents is 1. The number of anilines is 2. The zero-order valence-electron chi connectivity index (χ0n) is 39.8. The molecule has 0 aliphatic rings. The lowest BCUT2D eigenvalue weighted by Crippen LogP contribution is -2.22. The van der Waals surface area contributed by atoms with Crippen LogP contribution in [0.25, 0.3) is 22.1 Å². The van der Waals surface area contributed by atoms with Crippen molar-refractivity contribution < 1.29 is 28.8 Å². The smallest absolute Gasteiger partial charge is 0.148 e. The molecule has 0 aliphatic heterocycles. The Morgan fingerprint density at radius 2 is 0.913 bits per heavy atom. The van der Waals surface area contributed by atoms with Crippen molar-refractivity contribution in [2.75, 3.05) is 38.2 Å². The van der Waals surface area contributed by atoms with Gasteiger partial charge in [0, 0.05) is 64.5 Å². The van der Waals surface area contributed by atoms with Gasteiger partial charge in [-0.15, -0.1) is 0 Å². The number of rotatable bonds is 16. The molecule has 9 aromatic rings. The fourth-order valence-electron chi connectivity index (χ4n) is 8.02. The first-order valence-electron chi connectivity index (χ1n) is 22.2. The first kappa shape index (κ1) is 46.8. The third kappa shape index (κ3) is 11.1. The number of aromatic nitrogens is 5. The highest BCUT2D eigenvalue weighted by Gasteiger charge is 2.20. The van der Waals surface area contributed by atoms with E-state index in [1.54, 1.807) is 59.2 Å². The van der Waals surface area contributed by atoms with E-state index < -0.39 is 0 Å².